The number of nitrogens with zero attached hydrogens (tertiary/aromatic N) is 3. The van der Waals surface area contributed by atoms with Crippen molar-refractivity contribution in [2.75, 3.05) is 20.1 Å². The van der Waals surface area contributed by atoms with Crippen molar-refractivity contribution in [3.05, 3.63) is 41.0 Å². The average Bonchev–Trinajstić information content (AvgIpc) is 3.64. The normalized spacial score (nSPS) is 16.1. The Kier molecular flexibility index (Phi) is 12.5. The van der Waals surface area contributed by atoms with Crippen LogP contribution in [0.5, 0.6) is 0 Å². The van der Waals surface area contributed by atoms with Crippen LogP contribution in [0.25, 0.3) is 10.4 Å². The van der Waals surface area contributed by atoms with Gasteiger partial charge >= 0.3 is 0 Å². The van der Waals surface area contributed by atoms with Crippen LogP contribution in [-0.2, 0) is 19.2 Å². The summed E-state index contributed by atoms with van der Waals surface area (Å²) in [5.41, 5.74) is 4.32. The zero-order valence-electron chi connectivity index (χ0n) is 26.9. The highest BCUT2D eigenvalue weighted by Gasteiger charge is 2.42. The molecule has 44 heavy (non-hydrogen) atoms. The zero-order valence-corrected chi connectivity index (χ0v) is 27.8. The van der Waals surface area contributed by atoms with Gasteiger partial charge in [0.1, 0.15) is 12.1 Å². The molecule has 1 aromatic heterocycles. The minimum atomic E-state index is -0.785. The van der Waals surface area contributed by atoms with Gasteiger partial charge in [0.2, 0.25) is 23.6 Å². The van der Waals surface area contributed by atoms with Gasteiger partial charge in [-0.05, 0) is 56.1 Å². The van der Waals surface area contributed by atoms with E-state index in [4.69, 9.17) is 6.42 Å². The molecule has 1 fully saturated rings. The lowest BCUT2D eigenvalue weighted by molar-refractivity contribution is -0.144. The van der Waals surface area contributed by atoms with Gasteiger partial charge in [-0.25, -0.2) is 4.98 Å². The SMILES string of the molecule is C#CCCCC(=O)N(C)CCCC(=O)NC(C(=O)N1CCCC1C(=O)NC(C)c1ccc(-c2scnc2C)cc1)C(C)(C)C. The molecule has 3 rings (SSSR count). The van der Waals surface area contributed by atoms with Crippen LogP contribution in [0.1, 0.15) is 89.9 Å². The fourth-order valence-corrected chi connectivity index (χ4v) is 6.19. The highest BCUT2D eigenvalue weighted by Crippen LogP contribution is 2.29. The topological polar surface area (TPSA) is 112 Å². The Bertz CT molecular complexity index is 1340. The molecule has 1 aromatic carbocycles. The maximum Gasteiger partial charge on any atom is 0.246 e. The number of benzene rings is 1. The van der Waals surface area contributed by atoms with E-state index in [0.717, 1.165) is 21.7 Å². The highest BCUT2D eigenvalue weighted by molar-refractivity contribution is 7.13. The van der Waals surface area contributed by atoms with Gasteiger partial charge in [0, 0.05) is 39.4 Å². The number of carbonyl (C=O) groups is 4. The average molecular weight is 622 g/mol. The Morgan fingerprint density at radius 1 is 1.14 bits per heavy atom. The van der Waals surface area contributed by atoms with Gasteiger partial charge in [-0.1, -0.05) is 45.0 Å². The number of hydrogen-bond donors (Lipinski definition) is 2. The molecule has 1 aliphatic rings. The Morgan fingerprint density at radius 3 is 2.45 bits per heavy atom. The molecule has 10 heteroatoms. The van der Waals surface area contributed by atoms with Gasteiger partial charge in [-0.2, -0.15) is 0 Å². The molecule has 3 atom stereocenters. The van der Waals surface area contributed by atoms with Crippen LogP contribution in [0.2, 0.25) is 0 Å². The number of terminal acetylenes is 1. The van der Waals surface area contributed by atoms with E-state index in [1.54, 1.807) is 28.2 Å². The molecule has 0 saturated carbocycles. The van der Waals surface area contributed by atoms with Gasteiger partial charge in [0.25, 0.3) is 0 Å². The Balaban J connectivity index is 1.57. The van der Waals surface area contributed by atoms with Crippen LogP contribution in [0.4, 0.5) is 0 Å². The summed E-state index contributed by atoms with van der Waals surface area (Å²) in [6.45, 7) is 10.5. The third kappa shape index (κ3) is 9.39. The van der Waals surface area contributed by atoms with E-state index < -0.39 is 17.5 Å². The van der Waals surface area contributed by atoms with Crippen molar-refractivity contribution in [2.45, 2.75) is 97.7 Å². The highest BCUT2D eigenvalue weighted by atomic mass is 32.1. The molecule has 0 aliphatic carbocycles. The summed E-state index contributed by atoms with van der Waals surface area (Å²) in [5, 5.41) is 6.03. The second kappa shape index (κ2) is 15.8. The summed E-state index contributed by atoms with van der Waals surface area (Å²) < 4.78 is 0. The van der Waals surface area contributed by atoms with Crippen molar-refractivity contribution < 1.29 is 19.2 Å². The number of likely N-dealkylation sites (tertiary alicyclic amines) is 1. The van der Waals surface area contributed by atoms with Gasteiger partial charge in [0.05, 0.1) is 22.1 Å². The molecule has 2 heterocycles. The van der Waals surface area contributed by atoms with Crippen molar-refractivity contribution in [3.63, 3.8) is 0 Å². The molecule has 3 unspecified atom stereocenters. The van der Waals surface area contributed by atoms with Crippen LogP contribution in [-0.4, -0.2) is 70.6 Å². The van der Waals surface area contributed by atoms with Crippen molar-refractivity contribution in [3.8, 4) is 22.8 Å². The predicted octanol–water partition coefficient (Wildman–Crippen LogP) is 4.86. The van der Waals surface area contributed by atoms with E-state index in [1.165, 1.54) is 0 Å². The van der Waals surface area contributed by atoms with Crippen LogP contribution in [0.15, 0.2) is 29.8 Å². The second-order valence-corrected chi connectivity index (χ2v) is 13.5. The Hall–Kier alpha value is -3.71. The molecule has 2 N–H and O–H groups in total. The number of aromatic nitrogens is 1. The first-order valence-corrected chi connectivity index (χ1v) is 16.3. The number of unbranched alkanes of at least 4 members (excludes halogenated alkanes) is 1. The predicted molar refractivity (Wildman–Crippen MR) is 175 cm³/mol. The maximum absolute atomic E-state index is 13.8. The molecule has 1 aliphatic heterocycles. The van der Waals surface area contributed by atoms with Gasteiger partial charge < -0.3 is 20.4 Å². The van der Waals surface area contributed by atoms with Crippen LogP contribution >= 0.6 is 11.3 Å². The summed E-state index contributed by atoms with van der Waals surface area (Å²) in [6.07, 6.45) is 8.79. The molecule has 1 saturated heterocycles. The van der Waals surface area contributed by atoms with Gasteiger partial charge in [-0.15, -0.1) is 23.7 Å². The Labute approximate surface area is 266 Å². The summed E-state index contributed by atoms with van der Waals surface area (Å²) in [5.74, 6) is 1.84. The molecule has 2 aromatic rings. The Morgan fingerprint density at radius 2 is 1.84 bits per heavy atom. The van der Waals surface area contributed by atoms with Crippen molar-refractivity contribution in [2.24, 2.45) is 5.41 Å². The van der Waals surface area contributed by atoms with Crippen LogP contribution in [0, 0.1) is 24.7 Å². The van der Waals surface area contributed by atoms with E-state index >= 15 is 0 Å². The van der Waals surface area contributed by atoms with E-state index in [2.05, 4.69) is 21.5 Å². The van der Waals surface area contributed by atoms with Gasteiger partial charge in [-0.3, -0.25) is 19.2 Å². The third-order valence-electron chi connectivity index (χ3n) is 8.07. The fourth-order valence-electron chi connectivity index (χ4n) is 5.38. The molecular formula is C34H47N5O4S. The number of hydrogen-bond acceptors (Lipinski definition) is 6. The first-order valence-electron chi connectivity index (χ1n) is 15.4. The van der Waals surface area contributed by atoms with E-state index in [0.29, 0.717) is 51.6 Å². The molecule has 0 bridgehead atoms. The molecule has 4 amide bonds. The van der Waals surface area contributed by atoms with E-state index in [-0.39, 0.29) is 36.1 Å². The second-order valence-electron chi connectivity index (χ2n) is 12.7. The first kappa shape index (κ1) is 34.8. The van der Waals surface area contributed by atoms with Crippen molar-refractivity contribution in [1.29, 1.82) is 0 Å². The molecule has 238 valence electrons. The number of aryl methyl sites for hydroxylation is 1. The summed E-state index contributed by atoms with van der Waals surface area (Å²) in [6, 6.07) is 6.48. The minimum Gasteiger partial charge on any atom is -0.348 e. The third-order valence-corrected chi connectivity index (χ3v) is 9.05. The van der Waals surface area contributed by atoms with Crippen molar-refractivity contribution in [1.82, 2.24) is 25.4 Å². The summed E-state index contributed by atoms with van der Waals surface area (Å²) in [7, 11) is 1.72. The number of nitrogens with one attached hydrogen (secondary N) is 2. The number of carbonyl (C=O) groups excluding carboxylic acids is 4. The first-order chi connectivity index (χ1) is 20.8. The largest absolute Gasteiger partial charge is 0.348 e. The molecular weight excluding hydrogens is 574 g/mol. The standard InChI is InChI=1S/C34H47N5O4S/c1-8-9-10-15-29(41)38(7)20-12-14-28(40)37-31(34(4,5)6)33(43)39-21-11-13-27(39)32(42)36-23(2)25-16-18-26(19-17-25)30-24(3)35-22-44-30/h1,16-19,22-23,27,31H,9-15,20-21H2,2-7H3,(H,36,42)(H,37,40). The number of amides is 4. The number of thiazole rings is 1. The zero-order chi connectivity index (χ0) is 32.4. The lowest BCUT2D eigenvalue weighted by Gasteiger charge is -2.35. The quantitative estimate of drug-likeness (QED) is 0.245. The smallest absolute Gasteiger partial charge is 0.246 e. The monoisotopic (exact) mass is 621 g/mol. The van der Waals surface area contributed by atoms with Crippen LogP contribution in [0.3, 0.4) is 0 Å². The van der Waals surface area contributed by atoms with Crippen LogP contribution < -0.4 is 10.6 Å². The van der Waals surface area contributed by atoms with Crippen molar-refractivity contribution >= 4 is 35.0 Å². The minimum absolute atomic E-state index is 0.000832. The van der Waals surface area contributed by atoms with Gasteiger partial charge in [0.15, 0.2) is 0 Å². The molecule has 9 nitrogen and oxygen atoms in total. The summed E-state index contributed by atoms with van der Waals surface area (Å²) >= 11 is 1.60. The molecule has 0 radical (unpaired) electrons. The van der Waals surface area contributed by atoms with E-state index in [9.17, 15) is 19.2 Å². The van der Waals surface area contributed by atoms with E-state index in [1.807, 2.05) is 64.4 Å². The summed E-state index contributed by atoms with van der Waals surface area (Å²) in [4.78, 5) is 61.1. The fraction of sp³-hybridized carbons (Fsp3) is 0.559. The number of rotatable bonds is 13. The lowest BCUT2D eigenvalue weighted by Crippen LogP contribution is -2.57. The maximum atomic E-state index is 13.8. The lowest BCUT2D eigenvalue weighted by atomic mass is 9.85. The molecule has 0 spiro atoms.